The number of halogens is 1. The molecule has 2 aromatic heterocycles. The first-order valence-electron chi connectivity index (χ1n) is 7.89. The SMILES string of the molecule is CCn1cc(CNc2cc(-c3cccc(Cl)c3)nn2CCO)cn1. The predicted molar refractivity (Wildman–Crippen MR) is 95.0 cm³/mol. The van der Waals surface area contributed by atoms with Crippen LogP contribution in [-0.4, -0.2) is 31.3 Å². The molecule has 0 saturated carbocycles. The standard InChI is InChI=1S/C17H20ClN5O/c1-2-22-12-13(11-20-22)10-19-17-9-16(21-23(17)6-7-24)14-4-3-5-15(18)8-14/h3-5,8-9,11-12,19,24H,2,6-7,10H2,1H3. The van der Waals surface area contributed by atoms with Gasteiger partial charge in [-0.1, -0.05) is 23.7 Å². The van der Waals surface area contributed by atoms with E-state index in [0.29, 0.717) is 18.1 Å². The van der Waals surface area contributed by atoms with E-state index in [2.05, 4.69) is 22.4 Å². The van der Waals surface area contributed by atoms with Crippen molar-refractivity contribution in [3.8, 4) is 11.3 Å². The van der Waals surface area contributed by atoms with Crippen LogP contribution < -0.4 is 5.32 Å². The zero-order valence-electron chi connectivity index (χ0n) is 13.5. The molecular formula is C17H20ClN5O. The summed E-state index contributed by atoms with van der Waals surface area (Å²) in [6.45, 7) is 4.00. The fourth-order valence-electron chi connectivity index (χ4n) is 2.48. The maximum Gasteiger partial charge on any atom is 0.125 e. The molecule has 126 valence electrons. The Kier molecular flexibility index (Phi) is 5.17. The highest BCUT2D eigenvalue weighted by Crippen LogP contribution is 2.24. The maximum absolute atomic E-state index is 9.27. The van der Waals surface area contributed by atoms with Crippen LogP contribution in [0.3, 0.4) is 0 Å². The van der Waals surface area contributed by atoms with Crippen LogP contribution in [0.2, 0.25) is 5.02 Å². The second-order valence-corrected chi connectivity index (χ2v) is 5.87. The van der Waals surface area contributed by atoms with Crippen LogP contribution >= 0.6 is 11.6 Å². The molecule has 24 heavy (non-hydrogen) atoms. The van der Waals surface area contributed by atoms with E-state index in [4.69, 9.17) is 11.6 Å². The summed E-state index contributed by atoms with van der Waals surface area (Å²) in [5.74, 6) is 0.850. The van der Waals surface area contributed by atoms with Gasteiger partial charge in [-0.15, -0.1) is 0 Å². The fraction of sp³-hybridized carbons (Fsp3) is 0.294. The Morgan fingerprint density at radius 2 is 2.17 bits per heavy atom. The number of aromatic nitrogens is 4. The van der Waals surface area contributed by atoms with Gasteiger partial charge < -0.3 is 10.4 Å². The van der Waals surface area contributed by atoms with E-state index >= 15 is 0 Å². The molecule has 2 heterocycles. The summed E-state index contributed by atoms with van der Waals surface area (Å²) in [5.41, 5.74) is 2.86. The van der Waals surface area contributed by atoms with Crippen LogP contribution in [0.4, 0.5) is 5.82 Å². The minimum absolute atomic E-state index is 0.0269. The zero-order chi connectivity index (χ0) is 16.9. The molecule has 0 bridgehead atoms. The van der Waals surface area contributed by atoms with Crippen molar-refractivity contribution in [2.45, 2.75) is 26.6 Å². The van der Waals surface area contributed by atoms with Crippen molar-refractivity contribution < 1.29 is 5.11 Å². The lowest BCUT2D eigenvalue weighted by atomic mass is 10.1. The average Bonchev–Trinajstić information content (AvgIpc) is 3.20. The van der Waals surface area contributed by atoms with Crippen molar-refractivity contribution in [3.05, 3.63) is 53.3 Å². The van der Waals surface area contributed by atoms with Gasteiger partial charge in [0.2, 0.25) is 0 Å². The molecule has 1 aromatic carbocycles. The third kappa shape index (κ3) is 3.77. The Hall–Kier alpha value is -2.31. The zero-order valence-corrected chi connectivity index (χ0v) is 14.2. The van der Waals surface area contributed by atoms with E-state index in [1.54, 1.807) is 4.68 Å². The quantitative estimate of drug-likeness (QED) is 0.690. The van der Waals surface area contributed by atoms with E-state index in [-0.39, 0.29) is 6.61 Å². The lowest BCUT2D eigenvalue weighted by Gasteiger charge is -2.07. The van der Waals surface area contributed by atoms with Crippen LogP contribution in [0.1, 0.15) is 12.5 Å². The molecule has 0 atom stereocenters. The Bertz CT molecular complexity index is 811. The smallest absolute Gasteiger partial charge is 0.125 e. The van der Waals surface area contributed by atoms with Crippen molar-refractivity contribution in [2.75, 3.05) is 11.9 Å². The first kappa shape index (κ1) is 16.5. The van der Waals surface area contributed by atoms with Crippen LogP contribution in [0, 0.1) is 0 Å². The number of aliphatic hydroxyl groups is 1. The van der Waals surface area contributed by atoms with Gasteiger partial charge >= 0.3 is 0 Å². The summed E-state index contributed by atoms with van der Waals surface area (Å²) in [6, 6.07) is 9.54. The van der Waals surface area contributed by atoms with Gasteiger partial charge in [0.1, 0.15) is 5.82 Å². The maximum atomic E-state index is 9.27. The largest absolute Gasteiger partial charge is 0.394 e. The van der Waals surface area contributed by atoms with E-state index in [1.165, 1.54) is 0 Å². The van der Waals surface area contributed by atoms with E-state index < -0.39 is 0 Å². The van der Waals surface area contributed by atoms with E-state index in [9.17, 15) is 5.11 Å². The molecule has 0 aliphatic carbocycles. The average molecular weight is 346 g/mol. The second-order valence-electron chi connectivity index (χ2n) is 5.43. The molecule has 0 aliphatic heterocycles. The molecule has 0 unspecified atom stereocenters. The number of anilines is 1. The second kappa shape index (κ2) is 7.51. The van der Waals surface area contributed by atoms with Gasteiger partial charge in [-0.2, -0.15) is 10.2 Å². The van der Waals surface area contributed by atoms with Crippen molar-refractivity contribution in [1.82, 2.24) is 19.6 Å². The molecule has 0 fully saturated rings. The third-order valence-electron chi connectivity index (χ3n) is 3.70. The van der Waals surface area contributed by atoms with Crippen LogP contribution in [0.5, 0.6) is 0 Å². The number of aryl methyl sites for hydroxylation is 1. The summed E-state index contributed by atoms with van der Waals surface area (Å²) in [6.07, 6.45) is 3.86. The predicted octanol–water partition coefficient (Wildman–Crippen LogP) is 3.02. The Labute approximate surface area is 145 Å². The minimum atomic E-state index is 0.0269. The van der Waals surface area contributed by atoms with Gasteiger partial charge in [-0.25, -0.2) is 4.68 Å². The fourth-order valence-corrected chi connectivity index (χ4v) is 2.67. The molecule has 2 N–H and O–H groups in total. The van der Waals surface area contributed by atoms with Crippen molar-refractivity contribution in [3.63, 3.8) is 0 Å². The number of nitrogens with one attached hydrogen (secondary N) is 1. The van der Waals surface area contributed by atoms with E-state index in [0.717, 1.165) is 29.2 Å². The summed E-state index contributed by atoms with van der Waals surface area (Å²) in [5, 5.41) is 22.1. The van der Waals surface area contributed by atoms with Gasteiger partial charge in [0.15, 0.2) is 0 Å². The molecule has 0 radical (unpaired) electrons. The van der Waals surface area contributed by atoms with Crippen LogP contribution in [0.15, 0.2) is 42.7 Å². The Balaban J connectivity index is 1.80. The van der Waals surface area contributed by atoms with Crippen LogP contribution in [0.25, 0.3) is 11.3 Å². The summed E-state index contributed by atoms with van der Waals surface area (Å²) >= 11 is 6.06. The normalized spacial score (nSPS) is 11.0. The third-order valence-corrected chi connectivity index (χ3v) is 3.93. The molecular weight excluding hydrogens is 326 g/mol. The van der Waals surface area contributed by atoms with Crippen molar-refractivity contribution in [1.29, 1.82) is 0 Å². The molecule has 0 spiro atoms. The number of nitrogens with zero attached hydrogens (tertiary/aromatic N) is 4. The van der Waals surface area contributed by atoms with Crippen LogP contribution in [-0.2, 0) is 19.6 Å². The van der Waals surface area contributed by atoms with Gasteiger partial charge in [0.25, 0.3) is 0 Å². The molecule has 3 aromatic rings. The van der Waals surface area contributed by atoms with Gasteiger partial charge in [-0.3, -0.25) is 4.68 Å². The van der Waals surface area contributed by atoms with Crippen molar-refractivity contribution >= 4 is 17.4 Å². The van der Waals surface area contributed by atoms with Gasteiger partial charge in [-0.05, 0) is 19.1 Å². The molecule has 0 saturated heterocycles. The highest BCUT2D eigenvalue weighted by Gasteiger charge is 2.10. The van der Waals surface area contributed by atoms with Gasteiger partial charge in [0, 0.05) is 41.5 Å². The Morgan fingerprint density at radius 3 is 2.88 bits per heavy atom. The monoisotopic (exact) mass is 345 g/mol. The number of rotatable bonds is 7. The van der Waals surface area contributed by atoms with E-state index in [1.807, 2.05) is 47.4 Å². The number of benzene rings is 1. The van der Waals surface area contributed by atoms with Crippen molar-refractivity contribution in [2.24, 2.45) is 0 Å². The topological polar surface area (TPSA) is 67.9 Å². The molecule has 6 nitrogen and oxygen atoms in total. The first-order valence-corrected chi connectivity index (χ1v) is 8.27. The molecule has 0 aliphatic rings. The summed E-state index contributed by atoms with van der Waals surface area (Å²) in [4.78, 5) is 0. The molecule has 7 heteroatoms. The lowest BCUT2D eigenvalue weighted by Crippen LogP contribution is -2.10. The highest BCUT2D eigenvalue weighted by atomic mass is 35.5. The number of hydrogen-bond donors (Lipinski definition) is 2. The Morgan fingerprint density at radius 1 is 1.29 bits per heavy atom. The summed E-state index contributed by atoms with van der Waals surface area (Å²) in [7, 11) is 0. The lowest BCUT2D eigenvalue weighted by molar-refractivity contribution is 0.270. The van der Waals surface area contributed by atoms with Gasteiger partial charge in [0.05, 0.1) is 25.0 Å². The first-order chi connectivity index (χ1) is 11.7. The highest BCUT2D eigenvalue weighted by molar-refractivity contribution is 6.30. The summed E-state index contributed by atoms with van der Waals surface area (Å²) < 4.78 is 3.65. The molecule has 3 rings (SSSR count). The minimum Gasteiger partial charge on any atom is -0.394 e. The number of hydrogen-bond acceptors (Lipinski definition) is 4. The number of aliphatic hydroxyl groups excluding tert-OH is 1. The molecule has 0 amide bonds.